The van der Waals surface area contributed by atoms with E-state index in [1.807, 2.05) is 11.8 Å². The van der Waals surface area contributed by atoms with Crippen LogP contribution < -0.4 is 5.32 Å². The number of nitrogens with one attached hydrogen (secondary N) is 1. The van der Waals surface area contributed by atoms with Crippen LogP contribution in [-0.4, -0.2) is 58.8 Å². The van der Waals surface area contributed by atoms with Crippen molar-refractivity contribution >= 4 is 11.9 Å². The first-order chi connectivity index (χ1) is 7.90. The van der Waals surface area contributed by atoms with Crippen molar-refractivity contribution in [2.75, 3.05) is 19.6 Å². The van der Waals surface area contributed by atoms with Crippen molar-refractivity contribution in [2.45, 2.75) is 39.3 Å². The summed E-state index contributed by atoms with van der Waals surface area (Å²) in [5, 5.41) is 20.4. The van der Waals surface area contributed by atoms with Crippen LogP contribution in [0.15, 0.2) is 0 Å². The molecule has 0 bridgehead atoms. The molecule has 0 saturated heterocycles. The molecule has 0 rings (SSSR count). The molecule has 6 nitrogen and oxygen atoms in total. The Hall–Kier alpha value is -1.14. The van der Waals surface area contributed by atoms with Gasteiger partial charge in [0.05, 0.1) is 0 Å². The first-order valence-corrected chi connectivity index (χ1v) is 5.83. The molecule has 2 unspecified atom stereocenters. The van der Waals surface area contributed by atoms with Crippen molar-refractivity contribution in [1.82, 2.24) is 10.2 Å². The molecule has 17 heavy (non-hydrogen) atoms. The number of carbonyl (C=O) groups is 2. The predicted molar refractivity (Wildman–Crippen MR) is 64.1 cm³/mol. The van der Waals surface area contributed by atoms with E-state index < -0.39 is 24.0 Å². The van der Waals surface area contributed by atoms with E-state index in [1.165, 1.54) is 0 Å². The minimum Gasteiger partial charge on any atom is -0.480 e. The number of carboxylic acids is 2. The summed E-state index contributed by atoms with van der Waals surface area (Å²) in [6.07, 6.45) is 0.867. The van der Waals surface area contributed by atoms with Gasteiger partial charge in [-0.1, -0.05) is 6.92 Å². The third kappa shape index (κ3) is 6.23. The summed E-state index contributed by atoms with van der Waals surface area (Å²) in [5.41, 5.74) is 0. The second-order valence-corrected chi connectivity index (χ2v) is 4.06. The molecule has 0 aliphatic carbocycles. The van der Waals surface area contributed by atoms with Gasteiger partial charge in [0.25, 0.3) is 0 Å². The van der Waals surface area contributed by atoms with Crippen LogP contribution in [0.25, 0.3) is 0 Å². The lowest BCUT2D eigenvalue weighted by Crippen LogP contribution is -2.45. The van der Waals surface area contributed by atoms with Gasteiger partial charge in [0.1, 0.15) is 12.1 Å². The van der Waals surface area contributed by atoms with Crippen LogP contribution in [0.1, 0.15) is 27.2 Å². The lowest BCUT2D eigenvalue weighted by Gasteiger charge is -2.26. The second kappa shape index (κ2) is 8.03. The quantitative estimate of drug-likeness (QED) is 0.540. The fourth-order valence-electron chi connectivity index (χ4n) is 1.45. The van der Waals surface area contributed by atoms with Crippen molar-refractivity contribution < 1.29 is 19.8 Å². The Balaban J connectivity index is 4.09. The van der Waals surface area contributed by atoms with Gasteiger partial charge in [-0.05, 0) is 26.8 Å². The molecule has 0 fully saturated rings. The fourth-order valence-corrected chi connectivity index (χ4v) is 1.45. The molecule has 0 heterocycles. The molecule has 0 aliphatic rings. The maximum absolute atomic E-state index is 10.9. The Morgan fingerprint density at radius 1 is 1.18 bits per heavy atom. The molecule has 0 saturated carbocycles. The zero-order valence-electron chi connectivity index (χ0n) is 10.6. The minimum absolute atomic E-state index is 0.463. The van der Waals surface area contributed by atoms with E-state index in [-0.39, 0.29) is 0 Å². The third-order valence-corrected chi connectivity index (χ3v) is 2.64. The first-order valence-electron chi connectivity index (χ1n) is 5.83. The zero-order chi connectivity index (χ0) is 13.4. The SMILES string of the molecule is CCCN(CCNC(C)C(=O)O)C(C)C(=O)O. The molecule has 100 valence electrons. The van der Waals surface area contributed by atoms with Crippen molar-refractivity contribution in [3.05, 3.63) is 0 Å². The highest BCUT2D eigenvalue weighted by atomic mass is 16.4. The summed E-state index contributed by atoms with van der Waals surface area (Å²) >= 11 is 0. The molecule has 0 radical (unpaired) electrons. The maximum atomic E-state index is 10.9. The Kier molecular flexibility index (Phi) is 7.49. The van der Waals surface area contributed by atoms with Gasteiger partial charge in [0.2, 0.25) is 0 Å². The molecule has 0 aromatic carbocycles. The van der Waals surface area contributed by atoms with Crippen molar-refractivity contribution in [2.24, 2.45) is 0 Å². The number of carboxylic acid groups (broad SMARTS) is 2. The first kappa shape index (κ1) is 15.9. The maximum Gasteiger partial charge on any atom is 0.320 e. The largest absolute Gasteiger partial charge is 0.480 e. The van der Waals surface area contributed by atoms with E-state index in [0.29, 0.717) is 19.6 Å². The lowest BCUT2D eigenvalue weighted by atomic mass is 10.2. The van der Waals surface area contributed by atoms with Gasteiger partial charge >= 0.3 is 11.9 Å². The van der Waals surface area contributed by atoms with Crippen molar-refractivity contribution in [3.63, 3.8) is 0 Å². The van der Waals surface area contributed by atoms with Crippen LogP contribution in [-0.2, 0) is 9.59 Å². The molecule has 0 amide bonds. The highest BCUT2D eigenvalue weighted by molar-refractivity contribution is 5.73. The molecule has 0 aromatic rings. The molecule has 0 spiro atoms. The Morgan fingerprint density at radius 2 is 1.76 bits per heavy atom. The van der Waals surface area contributed by atoms with Crippen LogP contribution in [0.5, 0.6) is 0 Å². The summed E-state index contributed by atoms with van der Waals surface area (Å²) in [5.74, 6) is -1.76. The molecule has 2 atom stereocenters. The van der Waals surface area contributed by atoms with E-state index in [0.717, 1.165) is 6.42 Å². The fraction of sp³-hybridized carbons (Fsp3) is 0.818. The lowest BCUT2D eigenvalue weighted by molar-refractivity contribution is -0.143. The second-order valence-electron chi connectivity index (χ2n) is 4.06. The van der Waals surface area contributed by atoms with Gasteiger partial charge in [-0.15, -0.1) is 0 Å². The smallest absolute Gasteiger partial charge is 0.320 e. The van der Waals surface area contributed by atoms with Crippen LogP contribution in [0.2, 0.25) is 0 Å². The number of aliphatic carboxylic acids is 2. The van der Waals surface area contributed by atoms with Crippen LogP contribution in [0, 0.1) is 0 Å². The minimum atomic E-state index is -0.904. The van der Waals surface area contributed by atoms with Crippen LogP contribution in [0.3, 0.4) is 0 Å². The monoisotopic (exact) mass is 246 g/mol. The standard InChI is InChI=1S/C11H22N2O4/c1-4-6-13(9(3)11(16)17)7-5-12-8(2)10(14)15/h8-9,12H,4-7H2,1-3H3,(H,14,15)(H,16,17). The van der Waals surface area contributed by atoms with Gasteiger partial charge in [-0.2, -0.15) is 0 Å². The molecule has 3 N–H and O–H groups in total. The van der Waals surface area contributed by atoms with Crippen molar-refractivity contribution in [3.8, 4) is 0 Å². The molecule has 0 aliphatic heterocycles. The van der Waals surface area contributed by atoms with E-state index in [2.05, 4.69) is 5.32 Å². The molecule has 6 heteroatoms. The Morgan fingerprint density at radius 3 is 2.18 bits per heavy atom. The van der Waals surface area contributed by atoms with Gasteiger partial charge in [0, 0.05) is 13.1 Å². The highest BCUT2D eigenvalue weighted by Crippen LogP contribution is 2.00. The van der Waals surface area contributed by atoms with E-state index in [9.17, 15) is 9.59 Å². The number of nitrogens with zero attached hydrogens (tertiary/aromatic N) is 1. The molecule has 0 aromatic heterocycles. The van der Waals surface area contributed by atoms with E-state index in [1.54, 1.807) is 13.8 Å². The average Bonchev–Trinajstić information content (AvgIpc) is 2.26. The zero-order valence-corrected chi connectivity index (χ0v) is 10.6. The van der Waals surface area contributed by atoms with Crippen molar-refractivity contribution in [1.29, 1.82) is 0 Å². The number of hydrogen-bond donors (Lipinski definition) is 3. The topological polar surface area (TPSA) is 89.9 Å². The van der Waals surface area contributed by atoms with Gasteiger partial charge in [-0.25, -0.2) is 0 Å². The predicted octanol–water partition coefficient (Wildman–Crippen LogP) is 0.234. The summed E-state index contributed by atoms with van der Waals surface area (Å²) in [6.45, 7) is 6.86. The number of hydrogen-bond acceptors (Lipinski definition) is 4. The molecular weight excluding hydrogens is 224 g/mol. The van der Waals surface area contributed by atoms with Crippen LogP contribution in [0.4, 0.5) is 0 Å². The highest BCUT2D eigenvalue weighted by Gasteiger charge is 2.19. The summed E-state index contributed by atoms with van der Waals surface area (Å²) in [4.78, 5) is 23.3. The normalized spacial score (nSPS) is 14.6. The Labute approximate surface area is 102 Å². The van der Waals surface area contributed by atoms with Gasteiger partial charge in [-0.3, -0.25) is 14.5 Å². The van der Waals surface area contributed by atoms with Crippen LogP contribution >= 0.6 is 0 Å². The average molecular weight is 246 g/mol. The van der Waals surface area contributed by atoms with Gasteiger partial charge < -0.3 is 15.5 Å². The number of rotatable bonds is 9. The van der Waals surface area contributed by atoms with E-state index >= 15 is 0 Å². The molecular formula is C11H22N2O4. The Bertz CT molecular complexity index is 258. The van der Waals surface area contributed by atoms with E-state index in [4.69, 9.17) is 10.2 Å². The summed E-state index contributed by atoms with van der Waals surface area (Å²) < 4.78 is 0. The summed E-state index contributed by atoms with van der Waals surface area (Å²) in [6, 6.07) is -1.16. The summed E-state index contributed by atoms with van der Waals surface area (Å²) in [7, 11) is 0. The van der Waals surface area contributed by atoms with Gasteiger partial charge in [0.15, 0.2) is 0 Å². The third-order valence-electron chi connectivity index (χ3n) is 2.64.